The van der Waals surface area contributed by atoms with Crippen molar-refractivity contribution in [3.63, 3.8) is 0 Å². The van der Waals surface area contributed by atoms with Gasteiger partial charge in [0, 0.05) is 22.4 Å². The van der Waals surface area contributed by atoms with E-state index in [0.717, 1.165) is 16.3 Å². The maximum absolute atomic E-state index is 5.10. The van der Waals surface area contributed by atoms with Crippen molar-refractivity contribution in [2.24, 2.45) is 0 Å². The van der Waals surface area contributed by atoms with Gasteiger partial charge in [-0.2, -0.15) is 0 Å². The number of hydrogen-bond donors (Lipinski definition) is 0. The van der Waals surface area contributed by atoms with Crippen LogP contribution in [0.25, 0.3) is 99.2 Å². The fourth-order valence-corrected chi connectivity index (χ4v) is 8.22. The lowest BCUT2D eigenvalue weighted by molar-refractivity contribution is 1.45. The molecule has 1 heteroatoms. The molecule has 1 nitrogen and oxygen atoms in total. The van der Waals surface area contributed by atoms with Gasteiger partial charge in [-0.15, -0.1) is 0 Å². The topological polar surface area (TPSA) is 12.9 Å². The minimum Gasteiger partial charge on any atom is -0.256 e. The highest BCUT2D eigenvalue weighted by atomic mass is 14.7. The first-order valence-corrected chi connectivity index (χ1v) is 18.5. The number of benzene rings is 9. The fraction of sp³-hybridized carbons (Fsp3) is 0. The smallest absolute Gasteiger partial charge is 0.0708 e. The van der Waals surface area contributed by atoms with Crippen LogP contribution in [0.3, 0.4) is 0 Å². The van der Waals surface area contributed by atoms with E-state index in [2.05, 4.69) is 212 Å². The van der Waals surface area contributed by atoms with Crippen molar-refractivity contribution in [1.82, 2.24) is 4.98 Å². The Bertz CT molecular complexity index is 2940. The van der Waals surface area contributed by atoms with E-state index in [0.29, 0.717) is 0 Å². The zero-order chi connectivity index (χ0) is 35.8. The summed E-state index contributed by atoms with van der Waals surface area (Å²) in [5, 5.41) is 5.94. The molecule has 10 rings (SSSR count). The molecule has 0 saturated heterocycles. The van der Waals surface area contributed by atoms with Crippen molar-refractivity contribution in [1.29, 1.82) is 0 Å². The summed E-state index contributed by atoms with van der Waals surface area (Å²) in [6, 6.07) is 74.4. The van der Waals surface area contributed by atoms with Crippen LogP contribution in [0.1, 0.15) is 0 Å². The number of nitrogens with zero attached hydrogens (tertiary/aromatic N) is 1. The van der Waals surface area contributed by atoms with Crippen LogP contribution in [0.5, 0.6) is 0 Å². The highest BCUT2D eigenvalue weighted by Gasteiger charge is 2.22. The molecule has 0 atom stereocenters. The van der Waals surface area contributed by atoms with Gasteiger partial charge in [0.15, 0.2) is 0 Å². The Morgan fingerprint density at radius 2 is 0.611 bits per heavy atom. The van der Waals surface area contributed by atoms with Crippen molar-refractivity contribution in [2.75, 3.05) is 0 Å². The van der Waals surface area contributed by atoms with Crippen molar-refractivity contribution in [2.45, 2.75) is 0 Å². The van der Waals surface area contributed by atoms with Crippen LogP contribution in [0.2, 0.25) is 0 Å². The Kier molecular flexibility index (Phi) is 7.89. The maximum Gasteiger partial charge on any atom is 0.0708 e. The van der Waals surface area contributed by atoms with Gasteiger partial charge in [0.05, 0.1) is 5.52 Å². The van der Waals surface area contributed by atoms with Crippen LogP contribution in [-0.4, -0.2) is 4.98 Å². The maximum atomic E-state index is 5.10. The van der Waals surface area contributed by atoms with Gasteiger partial charge in [-0.1, -0.05) is 200 Å². The largest absolute Gasteiger partial charge is 0.256 e. The Hall–Kier alpha value is -7.09. The molecule has 0 bridgehead atoms. The molecule has 0 amide bonds. The molecular formula is C53H35N. The van der Waals surface area contributed by atoms with E-state index >= 15 is 0 Å². The highest BCUT2D eigenvalue weighted by molar-refractivity contribution is 6.28. The molecule has 0 unspecified atom stereocenters. The van der Waals surface area contributed by atoms with Crippen molar-refractivity contribution in [3.8, 4) is 66.8 Å². The van der Waals surface area contributed by atoms with E-state index < -0.39 is 0 Å². The number of rotatable bonds is 6. The third-order valence-electron chi connectivity index (χ3n) is 10.8. The molecular weight excluding hydrogens is 651 g/mol. The Morgan fingerprint density at radius 1 is 0.241 bits per heavy atom. The summed E-state index contributed by atoms with van der Waals surface area (Å²) in [6.45, 7) is 0. The highest BCUT2D eigenvalue weighted by Crippen LogP contribution is 2.49. The first kappa shape index (κ1) is 31.6. The Labute approximate surface area is 315 Å². The lowest BCUT2D eigenvalue weighted by Crippen LogP contribution is -1.96. The second-order valence-corrected chi connectivity index (χ2v) is 13.8. The van der Waals surface area contributed by atoms with Crippen LogP contribution in [-0.2, 0) is 0 Å². The summed E-state index contributed by atoms with van der Waals surface area (Å²) in [6.07, 6.45) is 2.11. The number of hydrogen-bond acceptors (Lipinski definition) is 1. The lowest BCUT2D eigenvalue weighted by atomic mass is 9.81. The monoisotopic (exact) mass is 685 g/mol. The third kappa shape index (κ3) is 5.46. The van der Waals surface area contributed by atoms with Gasteiger partial charge < -0.3 is 0 Å². The summed E-state index contributed by atoms with van der Waals surface area (Å²) in [5.41, 5.74) is 15.5. The number of aromatic nitrogens is 1. The predicted octanol–water partition coefficient (Wildman–Crippen LogP) is 14.5. The van der Waals surface area contributed by atoms with Gasteiger partial charge in [-0.3, -0.25) is 4.98 Å². The summed E-state index contributed by atoms with van der Waals surface area (Å²) >= 11 is 0. The van der Waals surface area contributed by atoms with Crippen LogP contribution in [0.15, 0.2) is 212 Å². The number of para-hydroxylation sites is 1. The molecule has 0 spiro atoms. The quantitative estimate of drug-likeness (QED) is 0.125. The van der Waals surface area contributed by atoms with Gasteiger partial charge in [0.25, 0.3) is 0 Å². The molecule has 0 radical (unpaired) electrons. The van der Waals surface area contributed by atoms with E-state index in [1.807, 2.05) is 0 Å². The first-order chi connectivity index (χ1) is 26.8. The molecule has 9 aromatic carbocycles. The van der Waals surface area contributed by atoms with E-state index in [1.54, 1.807) is 0 Å². The van der Waals surface area contributed by atoms with Crippen LogP contribution in [0.4, 0.5) is 0 Å². The van der Waals surface area contributed by atoms with Gasteiger partial charge >= 0.3 is 0 Å². The Balaban J connectivity index is 1.23. The zero-order valence-electron chi connectivity index (χ0n) is 29.7. The SMILES string of the molecule is c1ccc(-c2ccc(-c3ccccc3-c3c4ccccc4c(-c4ccccc4-c4ccc(-c5ccccc5)cc4)c4c3cnc3ccccc34)cc2)cc1. The van der Waals surface area contributed by atoms with E-state index in [4.69, 9.17) is 4.98 Å². The summed E-state index contributed by atoms with van der Waals surface area (Å²) in [5.74, 6) is 0. The summed E-state index contributed by atoms with van der Waals surface area (Å²) in [7, 11) is 0. The van der Waals surface area contributed by atoms with E-state index in [-0.39, 0.29) is 0 Å². The molecule has 0 aliphatic heterocycles. The first-order valence-electron chi connectivity index (χ1n) is 18.5. The van der Waals surface area contributed by atoms with Crippen LogP contribution in [0, 0.1) is 0 Å². The van der Waals surface area contributed by atoms with Crippen molar-refractivity contribution < 1.29 is 0 Å². The standard InChI is InChI=1S/C53H35N/c1-3-15-36(16-4-1)38-27-31-40(32-28-38)42-19-7-9-21-44(42)51-46-23-11-12-24-47(46)52(53-48-25-13-14-26-50(48)54-35-49(51)53)45-22-10-8-20-43(45)41-33-29-39(30-34-41)37-17-5-2-6-18-37/h1-35H. The zero-order valence-corrected chi connectivity index (χ0v) is 29.7. The van der Waals surface area contributed by atoms with E-state index in [9.17, 15) is 0 Å². The molecule has 10 aromatic rings. The third-order valence-corrected chi connectivity index (χ3v) is 10.8. The van der Waals surface area contributed by atoms with E-state index in [1.165, 1.54) is 82.9 Å². The molecule has 54 heavy (non-hydrogen) atoms. The molecule has 1 aromatic heterocycles. The molecule has 0 fully saturated rings. The van der Waals surface area contributed by atoms with Crippen LogP contribution >= 0.6 is 0 Å². The van der Waals surface area contributed by atoms with Crippen molar-refractivity contribution >= 4 is 32.4 Å². The average Bonchev–Trinajstić information content (AvgIpc) is 3.26. The fourth-order valence-electron chi connectivity index (χ4n) is 8.22. The van der Waals surface area contributed by atoms with Gasteiger partial charge in [0.1, 0.15) is 0 Å². The normalized spacial score (nSPS) is 11.3. The minimum absolute atomic E-state index is 0.988. The number of pyridine rings is 1. The average molecular weight is 686 g/mol. The molecule has 0 N–H and O–H groups in total. The summed E-state index contributed by atoms with van der Waals surface area (Å²) < 4.78 is 0. The molecule has 0 saturated carbocycles. The predicted molar refractivity (Wildman–Crippen MR) is 229 cm³/mol. The van der Waals surface area contributed by atoms with Crippen LogP contribution < -0.4 is 0 Å². The molecule has 1 heterocycles. The summed E-state index contributed by atoms with van der Waals surface area (Å²) in [4.78, 5) is 5.10. The van der Waals surface area contributed by atoms with Gasteiger partial charge in [-0.25, -0.2) is 0 Å². The second-order valence-electron chi connectivity index (χ2n) is 13.8. The molecule has 0 aliphatic rings. The Morgan fingerprint density at radius 3 is 1.15 bits per heavy atom. The van der Waals surface area contributed by atoms with Gasteiger partial charge in [-0.05, 0) is 83.6 Å². The second kappa shape index (κ2) is 13.5. The molecule has 252 valence electrons. The minimum atomic E-state index is 0.988. The molecule has 0 aliphatic carbocycles. The number of fused-ring (bicyclic) bond motifs is 4. The lowest BCUT2D eigenvalue weighted by Gasteiger charge is -2.22. The van der Waals surface area contributed by atoms with Crippen molar-refractivity contribution in [3.05, 3.63) is 212 Å². The van der Waals surface area contributed by atoms with Gasteiger partial charge in [0.2, 0.25) is 0 Å².